The van der Waals surface area contributed by atoms with Crippen molar-refractivity contribution in [3.05, 3.63) is 39.9 Å². The van der Waals surface area contributed by atoms with E-state index in [1.165, 1.54) is 0 Å². The second-order valence-corrected chi connectivity index (χ2v) is 7.41. The minimum absolute atomic E-state index is 0.136. The molecule has 0 aliphatic carbocycles. The maximum Gasteiger partial charge on any atom is 0.350 e. The fraction of sp³-hybridized carbons (Fsp3) is 0.389. The van der Waals surface area contributed by atoms with Crippen molar-refractivity contribution in [2.45, 2.75) is 27.2 Å². The number of anilines is 1. The van der Waals surface area contributed by atoms with Gasteiger partial charge in [-0.05, 0) is 25.0 Å². The van der Waals surface area contributed by atoms with Crippen LogP contribution in [0.5, 0.6) is 5.75 Å². The first-order valence-electron chi connectivity index (χ1n) is 8.18. The smallest absolute Gasteiger partial charge is 0.350 e. The van der Waals surface area contributed by atoms with E-state index in [0.29, 0.717) is 33.1 Å². The van der Waals surface area contributed by atoms with Crippen molar-refractivity contribution in [3.63, 3.8) is 0 Å². The van der Waals surface area contributed by atoms with Gasteiger partial charge in [-0.15, -0.1) is 0 Å². The van der Waals surface area contributed by atoms with Crippen LogP contribution in [0, 0.1) is 12.8 Å². The number of nitrogens with one attached hydrogen (secondary N) is 1. The average molecular weight is 397 g/mol. The predicted octanol–water partition coefficient (Wildman–Crippen LogP) is 4.33. The quantitative estimate of drug-likeness (QED) is 0.672. The second-order valence-electron chi connectivity index (χ2n) is 6.00. The molecule has 140 valence electrons. The molecule has 6 nitrogen and oxygen atoms in total. The van der Waals surface area contributed by atoms with Gasteiger partial charge in [0.2, 0.25) is 5.91 Å². The molecular weight excluding hydrogens is 376 g/mol. The van der Waals surface area contributed by atoms with Crippen LogP contribution in [0.4, 0.5) is 5.13 Å². The van der Waals surface area contributed by atoms with Gasteiger partial charge in [-0.2, -0.15) is 0 Å². The van der Waals surface area contributed by atoms with Crippen molar-refractivity contribution in [2.24, 2.45) is 5.92 Å². The number of carbonyl (C=O) groups excluding carboxylic acids is 2. The summed E-state index contributed by atoms with van der Waals surface area (Å²) in [6.07, 6.45) is 0.136. The molecule has 1 heterocycles. The Hall–Kier alpha value is -2.12. The minimum atomic E-state index is -0.420. The van der Waals surface area contributed by atoms with Crippen LogP contribution in [-0.2, 0) is 9.53 Å². The van der Waals surface area contributed by atoms with Crippen molar-refractivity contribution in [1.29, 1.82) is 0 Å². The van der Waals surface area contributed by atoms with E-state index in [2.05, 4.69) is 10.3 Å². The Balaban J connectivity index is 1.84. The molecule has 0 unspecified atom stereocenters. The molecule has 1 aromatic heterocycles. The molecule has 0 atom stereocenters. The first-order valence-corrected chi connectivity index (χ1v) is 9.38. The lowest BCUT2D eigenvalue weighted by atomic mass is 10.2. The summed E-state index contributed by atoms with van der Waals surface area (Å²) >= 11 is 7.09. The number of amides is 1. The van der Waals surface area contributed by atoms with Gasteiger partial charge in [-0.3, -0.25) is 4.79 Å². The summed E-state index contributed by atoms with van der Waals surface area (Å²) in [5.74, 6) is 0.107. The highest BCUT2D eigenvalue weighted by molar-refractivity contribution is 7.17. The molecule has 1 aromatic carbocycles. The predicted molar refractivity (Wildman–Crippen MR) is 102 cm³/mol. The van der Waals surface area contributed by atoms with Crippen LogP contribution in [0.15, 0.2) is 24.3 Å². The van der Waals surface area contributed by atoms with Gasteiger partial charge in [0.25, 0.3) is 0 Å². The van der Waals surface area contributed by atoms with Gasteiger partial charge in [0, 0.05) is 0 Å². The molecule has 2 aromatic rings. The summed E-state index contributed by atoms with van der Waals surface area (Å²) in [7, 11) is 0. The van der Waals surface area contributed by atoms with E-state index in [0.717, 1.165) is 11.3 Å². The Morgan fingerprint density at radius 3 is 2.73 bits per heavy atom. The number of aryl methyl sites for hydroxylation is 1. The SMILES string of the molecule is Cc1nc(NC(=O)CCOc2ccccc2Cl)sc1C(=O)OCC(C)C. The van der Waals surface area contributed by atoms with E-state index >= 15 is 0 Å². The molecule has 26 heavy (non-hydrogen) atoms. The molecule has 0 bridgehead atoms. The highest BCUT2D eigenvalue weighted by Gasteiger charge is 2.18. The number of thiazole rings is 1. The van der Waals surface area contributed by atoms with Gasteiger partial charge in [0.15, 0.2) is 5.13 Å². The molecule has 0 aliphatic rings. The number of carbonyl (C=O) groups is 2. The summed E-state index contributed by atoms with van der Waals surface area (Å²) in [5, 5.41) is 3.53. The van der Waals surface area contributed by atoms with E-state index < -0.39 is 5.97 Å². The third-order valence-corrected chi connectivity index (χ3v) is 4.56. The number of hydrogen-bond donors (Lipinski definition) is 1. The Labute approximate surface area is 161 Å². The van der Waals surface area contributed by atoms with Crippen molar-refractivity contribution >= 4 is 39.9 Å². The number of esters is 1. The molecule has 0 saturated carbocycles. The Morgan fingerprint density at radius 2 is 2.04 bits per heavy atom. The van der Waals surface area contributed by atoms with E-state index in [1.807, 2.05) is 13.8 Å². The third-order valence-electron chi connectivity index (χ3n) is 3.20. The summed E-state index contributed by atoms with van der Waals surface area (Å²) in [5.41, 5.74) is 0.534. The van der Waals surface area contributed by atoms with Gasteiger partial charge in [-0.1, -0.05) is 48.9 Å². The molecule has 1 N–H and O–H groups in total. The van der Waals surface area contributed by atoms with Gasteiger partial charge >= 0.3 is 5.97 Å². The molecule has 0 saturated heterocycles. The molecule has 8 heteroatoms. The lowest BCUT2D eigenvalue weighted by molar-refractivity contribution is -0.116. The molecule has 0 spiro atoms. The standard InChI is InChI=1S/C18H21ClN2O4S/c1-11(2)10-25-17(23)16-12(3)20-18(26-16)21-15(22)8-9-24-14-7-5-4-6-13(14)19/h4-7,11H,8-10H2,1-3H3,(H,20,21,22). The zero-order valence-electron chi connectivity index (χ0n) is 14.9. The van der Waals surface area contributed by atoms with E-state index in [1.54, 1.807) is 31.2 Å². The maximum atomic E-state index is 12.0. The third kappa shape index (κ3) is 6.00. The van der Waals surface area contributed by atoms with Crippen LogP contribution in [0.1, 0.15) is 35.6 Å². The lowest BCUT2D eigenvalue weighted by Crippen LogP contribution is -2.15. The van der Waals surface area contributed by atoms with Crippen molar-refractivity contribution in [2.75, 3.05) is 18.5 Å². The minimum Gasteiger partial charge on any atom is -0.491 e. The van der Waals surface area contributed by atoms with E-state index in [9.17, 15) is 9.59 Å². The number of hydrogen-bond acceptors (Lipinski definition) is 6. The number of halogens is 1. The average Bonchev–Trinajstić information content (AvgIpc) is 2.94. The largest absolute Gasteiger partial charge is 0.491 e. The zero-order valence-corrected chi connectivity index (χ0v) is 16.4. The Bertz CT molecular complexity index is 776. The molecule has 0 fully saturated rings. The number of ether oxygens (including phenoxy) is 2. The number of rotatable bonds is 8. The Morgan fingerprint density at radius 1 is 1.31 bits per heavy atom. The molecule has 2 rings (SSSR count). The van der Waals surface area contributed by atoms with E-state index in [4.69, 9.17) is 21.1 Å². The van der Waals surface area contributed by atoms with Crippen LogP contribution in [0.3, 0.4) is 0 Å². The first kappa shape index (κ1) is 20.2. The molecule has 0 aliphatic heterocycles. The van der Waals surface area contributed by atoms with Crippen LogP contribution >= 0.6 is 22.9 Å². The molecular formula is C18H21ClN2O4S. The summed E-state index contributed by atoms with van der Waals surface area (Å²) in [4.78, 5) is 28.7. The van der Waals surface area contributed by atoms with Crippen LogP contribution in [-0.4, -0.2) is 30.1 Å². The Kier molecular flexibility index (Phi) is 7.41. The van der Waals surface area contributed by atoms with Crippen molar-refractivity contribution in [1.82, 2.24) is 4.98 Å². The van der Waals surface area contributed by atoms with Gasteiger partial charge < -0.3 is 14.8 Å². The fourth-order valence-electron chi connectivity index (χ4n) is 1.94. The summed E-state index contributed by atoms with van der Waals surface area (Å²) in [6, 6.07) is 7.06. The second kappa shape index (κ2) is 9.54. The van der Waals surface area contributed by atoms with Gasteiger partial charge in [0.1, 0.15) is 10.6 Å². The summed E-state index contributed by atoms with van der Waals surface area (Å²) < 4.78 is 10.7. The topological polar surface area (TPSA) is 77.5 Å². The van der Waals surface area contributed by atoms with Gasteiger partial charge in [-0.25, -0.2) is 9.78 Å². The van der Waals surface area contributed by atoms with Crippen molar-refractivity contribution in [3.8, 4) is 5.75 Å². The maximum absolute atomic E-state index is 12.0. The van der Waals surface area contributed by atoms with Crippen molar-refractivity contribution < 1.29 is 19.1 Å². The van der Waals surface area contributed by atoms with E-state index in [-0.39, 0.29) is 24.9 Å². The number of nitrogens with zero attached hydrogens (tertiary/aromatic N) is 1. The normalized spacial score (nSPS) is 10.7. The van der Waals surface area contributed by atoms with Crippen LogP contribution in [0.25, 0.3) is 0 Å². The first-order chi connectivity index (χ1) is 12.4. The molecule has 1 amide bonds. The monoisotopic (exact) mass is 396 g/mol. The van der Waals surface area contributed by atoms with Gasteiger partial charge in [0.05, 0.1) is 30.4 Å². The number of para-hydroxylation sites is 1. The zero-order chi connectivity index (χ0) is 19.1. The lowest BCUT2D eigenvalue weighted by Gasteiger charge is -2.07. The highest BCUT2D eigenvalue weighted by atomic mass is 35.5. The number of aromatic nitrogens is 1. The summed E-state index contributed by atoms with van der Waals surface area (Å²) in [6.45, 7) is 6.16. The van der Waals surface area contributed by atoms with Crippen LogP contribution in [0.2, 0.25) is 5.02 Å². The highest BCUT2D eigenvalue weighted by Crippen LogP contribution is 2.25. The van der Waals surface area contributed by atoms with Crippen LogP contribution < -0.4 is 10.1 Å². The molecule has 0 radical (unpaired) electrons. The fourth-order valence-corrected chi connectivity index (χ4v) is 3.01. The number of benzene rings is 1.